The summed E-state index contributed by atoms with van der Waals surface area (Å²) in [5.74, 6) is 0. The second kappa shape index (κ2) is 11.0. The monoisotopic (exact) mass is 506 g/mol. The molecule has 10 atom stereocenters. The van der Waals surface area contributed by atoms with Crippen LogP contribution in [-0.4, -0.2) is 116 Å². The fourth-order valence-electron chi connectivity index (χ4n) is 5.09. The first kappa shape index (κ1) is 28.9. The van der Waals surface area contributed by atoms with Crippen LogP contribution in [0, 0.1) is 5.41 Å². The molecular formula is C24H42O11. The molecule has 0 radical (unpaired) electrons. The zero-order valence-electron chi connectivity index (χ0n) is 20.9. The molecular weight excluding hydrogens is 464 g/mol. The van der Waals surface area contributed by atoms with Gasteiger partial charge in [0.05, 0.1) is 31.5 Å². The molecule has 2 heterocycles. The maximum absolute atomic E-state index is 11.4. The van der Waals surface area contributed by atoms with Crippen molar-refractivity contribution < 1.29 is 54.7 Å². The lowest BCUT2D eigenvalue weighted by Crippen LogP contribution is -2.60. The van der Waals surface area contributed by atoms with E-state index in [1.54, 1.807) is 6.92 Å². The van der Waals surface area contributed by atoms with E-state index in [9.17, 15) is 35.7 Å². The number of aliphatic hydroxyl groups excluding tert-OH is 5. The van der Waals surface area contributed by atoms with Crippen molar-refractivity contribution in [3.05, 3.63) is 11.6 Å². The van der Waals surface area contributed by atoms with Crippen LogP contribution in [0.15, 0.2) is 11.6 Å². The van der Waals surface area contributed by atoms with Gasteiger partial charge in [0, 0.05) is 0 Å². The fourth-order valence-corrected chi connectivity index (χ4v) is 5.09. The maximum atomic E-state index is 11.4. The van der Waals surface area contributed by atoms with Gasteiger partial charge in [0.25, 0.3) is 0 Å². The minimum absolute atomic E-state index is 0.301. The highest BCUT2D eigenvalue weighted by molar-refractivity contribution is 5.22. The van der Waals surface area contributed by atoms with Gasteiger partial charge < -0.3 is 54.7 Å². The first-order valence-electron chi connectivity index (χ1n) is 12.2. The molecule has 0 aromatic heterocycles. The van der Waals surface area contributed by atoms with E-state index in [1.165, 1.54) is 0 Å². The van der Waals surface area contributed by atoms with Gasteiger partial charge in [-0.3, -0.25) is 0 Å². The Bertz CT molecular complexity index is 745. The second-order valence-corrected chi connectivity index (χ2v) is 10.9. The van der Waals surface area contributed by atoms with Crippen molar-refractivity contribution in [1.82, 2.24) is 0 Å². The van der Waals surface area contributed by atoms with Crippen molar-refractivity contribution in [3.8, 4) is 0 Å². The minimum atomic E-state index is -1.86. The molecule has 35 heavy (non-hydrogen) atoms. The largest absolute Gasteiger partial charge is 0.393 e. The van der Waals surface area contributed by atoms with Gasteiger partial charge in [-0.1, -0.05) is 19.9 Å². The van der Waals surface area contributed by atoms with E-state index in [1.807, 2.05) is 20.8 Å². The molecule has 3 rings (SSSR count). The zero-order chi connectivity index (χ0) is 26.2. The summed E-state index contributed by atoms with van der Waals surface area (Å²) in [5, 5.41) is 71.9. The maximum Gasteiger partial charge on any atom is 0.186 e. The predicted octanol–water partition coefficient (Wildman–Crippen LogP) is -1.07. The quantitative estimate of drug-likeness (QED) is 0.189. The van der Waals surface area contributed by atoms with Gasteiger partial charge in [-0.25, -0.2) is 0 Å². The molecule has 0 aromatic rings. The van der Waals surface area contributed by atoms with Crippen LogP contribution in [0.25, 0.3) is 0 Å². The Morgan fingerprint density at radius 2 is 1.77 bits per heavy atom. The van der Waals surface area contributed by atoms with E-state index < -0.39 is 67.0 Å². The molecule has 0 aromatic carbocycles. The first-order valence-corrected chi connectivity index (χ1v) is 12.2. The van der Waals surface area contributed by atoms with E-state index >= 15 is 0 Å². The summed E-state index contributed by atoms with van der Waals surface area (Å²) in [4.78, 5) is 0. The summed E-state index contributed by atoms with van der Waals surface area (Å²) in [6.45, 7) is 6.36. The Balaban J connectivity index is 1.57. The highest BCUT2D eigenvalue weighted by atomic mass is 16.7. The first-order chi connectivity index (χ1) is 16.3. The van der Waals surface area contributed by atoms with Gasteiger partial charge in [-0.05, 0) is 50.5 Å². The molecule has 0 saturated carbocycles. The van der Waals surface area contributed by atoms with E-state index in [-0.39, 0.29) is 18.6 Å². The standard InChI is InChI=1S/C24H42O11/c1-13-6-5-8-22(3,4)24(13,31)9-7-14(2)34-20-18(28)17(27)16(26)15(35-20)10-32-21-19(29)23(30,11-25)12-33-21/h6,14-21,25-31H,5,7-12H2,1-4H3/t14-,15-,16-,17+,18-,19+,20-,21-,23-,24-/m1/s1. The van der Waals surface area contributed by atoms with Crippen LogP contribution in [-0.2, 0) is 18.9 Å². The lowest BCUT2D eigenvalue weighted by atomic mass is 9.63. The molecule has 3 aliphatic rings. The highest BCUT2D eigenvalue weighted by Crippen LogP contribution is 2.47. The van der Waals surface area contributed by atoms with Crippen molar-refractivity contribution in [3.63, 3.8) is 0 Å². The minimum Gasteiger partial charge on any atom is -0.393 e. The van der Waals surface area contributed by atoms with Crippen LogP contribution < -0.4 is 0 Å². The summed E-state index contributed by atoms with van der Waals surface area (Å²) < 4.78 is 22.1. The molecule has 0 spiro atoms. The van der Waals surface area contributed by atoms with E-state index in [4.69, 9.17) is 18.9 Å². The van der Waals surface area contributed by atoms with Crippen LogP contribution in [0.1, 0.15) is 53.4 Å². The summed E-state index contributed by atoms with van der Waals surface area (Å²) in [6.07, 6.45) is -5.53. The third kappa shape index (κ3) is 5.75. The highest BCUT2D eigenvalue weighted by Gasteiger charge is 2.50. The Kier molecular flexibility index (Phi) is 9.04. The average Bonchev–Trinajstić information content (AvgIpc) is 3.10. The third-order valence-electron chi connectivity index (χ3n) is 7.94. The fraction of sp³-hybridized carbons (Fsp3) is 0.917. The molecule has 1 aliphatic carbocycles. The molecule has 0 bridgehead atoms. The molecule has 0 unspecified atom stereocenters. The van der Waals surface area contributed by atoms with Crippen molar-refractivity contribution in [1.29, 1.82) is 0 Å². The predicted molar refractivity (Wildman–Crippen MR) is 122 cm³/mol. The number of aliphatic hydroxyl groups is 7. The summed E-state index contributed by atoms with van der Waals surface area (Å²) >= 11 is 0. The third-order valence-corrected chi connectivity index (χ3v) is 7.94. The second-order valence-electron chi connectivity index (χ2n) is 10.9. The molecule has 2 saturated heterocycles. The molecule has 11 heteroatoms. The van der Waals surface area contributed by atoms with Crippen molar-refractivity contribution in [2.45, 2.75) is 114 Å². The smallest absolute Gasteiger partial charge is 0.186 e. The number of rotatable bonds is 9. The van der Waals surface area contributed by atoms with Gasteiger partial charge >= 0.3 is 0 Å². The van der Waals surface area contributed by atoms with Gasteiger partial charge in [0.1, 0.15) is 36.1 Å². The topological polar surface area (TPSA) is 179 Å². The molecule has 2 aliphatic heterocycles. The molecule has 7 N–H and O–H groups in total. The Hall–Kier alpha value is -0.700. The van der Waals surface area contributed by atoms with Crippen molar-refractivity contribution >= 4 is 0 Å². The van der Waals surface area contributed by atoms with E-state index in [2.05, 4.69) is 6.08 Å². The van der Waals surface area contributed by atoms with Gasteiger partial charge in [0.15, 0.2) is 12.6 Å². The van der Waals surface area contributed by atoms with E-state index in [0.717, 1.165) is 18.4 Å². The molecule has 204 valence electrons. The molecule has 0 amide bonds. The zero-order valence-corrected chi connectivity index (χ0v) is 20.9. The summed E-state index contributed by atoms with van der Waals surface area (Å²) in [5.41, 5.74) is -2.22. The number of allylic oxidation sites excluding steroid dienone is 1. The molecule has 2 fully saturated rings. The average molecular weight is 507 g/mol. The summed E-state index contributed by atoms with van der Waals surface area (Å²) in [7, 11) is 0. The number of hydrogen-bond acceptors (Lipinski definition) is 11. The van der Waals surface area contributed by atoms with Gasteiger partial charge in [-0.15, -0.1) is 0 Å². The Morgan fingerprint density at radius 1 is 1.09 bits per heavy atom. The Labute approximate surface area is 205 Å². The summed E-state index contributed by atoms with van der Waals surface area (Å²) in [6, 6.07) is 0. The lowest BCUT2D eigenvalue weighted by molar-refractivity contribution is -0.318. The van der Waals surface area contributed by atoms with Crippen LogP contribution in [0.3, 0.4) is 0 Å². The van der Waals surface area contributed by atoms with Crippen LogP contribution in [0.2, 0.25) is 0 Å². The Morgan fingerprint density at radius 3 is 2.37 bits per heavy atom. The van der Waals surface area contributed by atoms with Crippen LogP contribution in [0.4, 0.5) is 0 Å². The van der Waals surface area contributed by atoms with Crippen LogP contribution >= 0.6 is 0 Å². The van der Waals surface area contributed by atoms with Crippen LogP contribution in [0.5, 0.6) is 0 Å². The van der Waals surface area contributed by atoms with Gasteiger partial charge in [0.2, 0.25) is 0 Å². The van der Waals surface area contributed by atoms with E-state index in [0.29, 0.717) is 12.8 Å². The SMILES string of the molecule is CC1=CCCC(C)(C)[C@@]1(O)CC[C@@H](C)O[C@@H]1O[C@H](CO[C@@H]2OC[C@](O)(CO)[C@H]2O)[C@@H](O)[C@H](O)[C@H]1O. The number of ether oxygens (including phenoxy) is 4. The number of hydrogen-bond donors (Lipinski definition) is 7. The van der Waals surface area contributed by atoms with Crippen molar-refractivity contribution in [2.24, 2.45) is 5.41 Å². The normalized spacial score (nSPS) is 44.8. The van der Waals surface area contributed by atoms with Gasteiger partial charge in [-0.2, -0.15) is 0 Å². The molecule has 11 nitrogen and oxygen atoms in total. The lowest BCUT2D eigenvalue weighted by Gasteiger charge is -2.47. The van der Waals surface area contributed by atoms with Crippen molar-refractivity contribution in [2.75, 3.05) is 19.8 Å².